The molecule has 1 aromatic heterocycles. The van der Waals surface area contributed by atoms with Crippen molar-refractivity contribution in [1.82, 2.24) is 9.97 Å². The predicted octanol–water partition coefficient (Wildman–Crippen LogP) is 12.7. The van der Waals surface area contributed by atoms with Crippen LogP contribution in [0.25, 0.3) is 55.4 Å². The number of hydrogen-bond donors (Lipinski definition) is 0. The maximum absolute atomic E-state index is 5.22. The summed E-state index contributed by atoms with van der Waals surface area (Å²) >= 11 is 3.66. The van der Waals surface area contributed by atoms with E-state index < -0.39 is 0 Å². The van der Waals surface area contributed by atoms with Gasteiger partial charge in [0.2, 0.25) is 0 Å². The fourth-order valence-corrected chi connectivity index (χ4v) is 9.52. The second kappa shape index (κ2) is 12.1. The zero-order chi connectivity index (χ0) is 33.0. The number of fused-ring (bicyclic) bond motifs is 4. The van der Waals surface area contributed by atoms with E-state index in [1.165, 1.54) is 71.2 Å². The lowest BCUT2D eigenvalue weighted by Crippen LogP contribution is -2.46. The van der Waals surface area contributed by atoms with Crippen molar-refractivity contribution in [2.75, 3.05) is 0 Å². The van der Waals surface area contributed by atoms with E-state index in [0.29, 0.717) is 0 Å². The zero-order valence-corrected chi connectivity index (χ0v) is 29.5. The Bertz CT molecular complexity index is 2230. The second-order valence-electron chi connectivity index (χ2n) is 14.9. The lowest BCUT2D eigenvalue weighted by atomic mass is 9.51. The van der Waals surface area contributed by atoms with E-state index in [9.17, 15) is 0 Å². The Kier molecular flexibility index (Phi) is 7.50. The van der Waals surface area contributed by atoms with Crippen LogP contribution < -0.4 is 0 Å². The summed E-state index contributed by atoms with van der Waals surface area (Å²) in [7, 11) is 0. The van der Waals surface area contributed by atoms with Crippen molar-refractivity contribution in [1.29, 1.82) is 0 Å². The number of aromatic nitrogens is 2. The monoisotopic (exact) mass is 698 g/mol. The lowest BCUT2D eigenvalue weighted by molar-refractivity contribution is 0.0874. The van der Waals surface area contributed by atoms with Gasteiger partial charge in [-0.1, -0.05) is 145 Å². The van der Waals surface area contributed by atoms with E-state index in [4.69, 9.17) is 9.97 Å². The quantitative estimate of drug-likeness (QED) is 0.179. The van der Waals surface area contributed by atoms with Crippen LogP contribution in [0, 0.1) is 5.92 Å². The van der Waals surface area contributed by atoms with Gasteiger partial charge in [0.1, 0.15) is 0 Å². The summed E-state index contributed by atoms with van der Waals surface area (Å²) in [6, 6.07) is 50.9. The molecular formula is C46H39BrN2. The van der Waals surface area contributed by atoms with Crippen molar-refractivity contribution in [2.45, 2.75) is 56.3 Å². The first-order chi connectivity index (χ1) is 23.9. The van der Waals surface area contributed by atoms with E-state index in [-0.39, 0.29) is 10.8 Å². The van der Waals surface area contributed by atoms with Crippen molar-refractivity contribution >= 4 is 37.5 Å². The Labute approximate surface area is 297 Å². The lowest BCUT2D eigenvalue weighted by Gasteiger charge is -2.53. The SMILES string of the molecule is CC1(c2ccc(-c3nc(-c4ccc5ccccc5c4)cc(-c4ccc5ccccc5c4)n3)cc2)CC2CCCC(c3ccc(Br)cc3)(C2)C1. The highest BCUT2D eigenvalue weighted by atomic mass is 79.9. The number of benzene rings is 6. The molecule has 0 radical (unpaired) electrons. The summed E-state index contributed by atoms with van der Waals surface area (Å²) < 4.78 is 1.16. The van der Waals surface area contributed by atoms with Gasteiger partial charge >= 0.3 is 0 Å². The third-order valence-electron chi connectivity index (χ3n) is 11.5. The Morgan fingerprint density at radius 1 is 0.571 bits per heavy atom. The first-order valence-electron chi connectivity index (χ1n) is 17.7. The van der Waals surface area contributed by atoms with Crippen LogP contribution in [-0.2, 0) is 10.8 Å². The van der Waals surface area contributed by atoms with Gasteiger partial charge in [-0.3, -0.25) is 0 Å². The highest BCUT2D eigenvalue weighted by molar-refractivity contribution is 9.10. The molecule has 0 amide bonds. The third-order valence-corrected chi connectivity index (χ3v) is 12.1. The van der Waals surface area contributed by atoms with Gasteiger partial charge in [0, 0.05) is 21.2 Å². The predicted molar refractivity (Wildman–Crippen MR) is 208 cm³/mol. The van der Waals surface area contributed by atoms with Crippen LogP contribution >= 0.6 is 15.9 Å². The van der Waals surface area contributed by atoms with Crippen LogP contribution in [0.4, 0.5) is 0 Å². The minimum atomic E-state index is 0.124. The van der Waals surface area contributed by atoms with Crippen molar-refractivity contribution in [3.8, 4) is 33.9 Å². The minimum Gasteiger partial charge on any atom is -0.228 e. The van der Waals surface area contributed by atoms with Crippen LogP contribution in [0.2, 0.25) is 0 Å². The summed E-state index contributed by atoms with van der Waals surface area (Å²) in [5.41, 5.74) is 8.45. The average molecular weight is 700 g/mol. The minimum absolute atomic E-state index is 0.124. The van der Waals surface area contributed by atoms with E-state index in [2.05, 4.69) is 162 Å². The molecule has 3 heteroatoms. The molecule has 3 atom stereocenters. The van der Waals surface area contributed by atoms with Gasteiger partial charge in [0.05, 0.1) is 11.4 Å². The van der Waals surface area contributed by atoms with Crippen molar-refractivity contribution in [3.63, 3.8) is 0 Å². The van der Waals surface area contributed by atoms with Crippen LogP contribution in [0.5, 0.6) is 0 Å². The topological polar surface area (TPSA) is 25.8 Å². The molecule has 240 valence electrons. The molecule has 6 aromatic carbocycles. The van der Waals surface area contributed by atoms with Gasteiger partial charge in [0.15, 0.2) is 5.82 Å². The van der Waals surface area contributed by atoms with Crippen molar-refractivity contribution in [3.05, 3.63) is 155 Å². The Hall–Kier alpha value is -4.60. The molecule has 3 unspecified atom stereocenters. The number of halogens is 1. The molecule has 9 rings (SSSR count). The molecule has 0 aliphatic heterocycles. The highest BCUT2D eigenvalue weighted by Gasteiger charge is 2.49. The standard InChI is InChI=1S/C46H39BrN2/c1-45(28-31-7-6-24-46(29-31,30-45)40-20-22-41(47)23-21-40)39-18-16-34(17-19-39)44-48-42(37-14-12-32-8-2-4-10-35(32)25-37)27-43(49-44)38-15-13-33-9-3-5-11-36(33)26-38/h2-5,8-23,25-27,31H,6-7,24,28-30H2,1H3. The molecule has 1 heterocycles. The fraction of sp³-hybridized carbons (Fsp3) is 0.217. The normalized spacial score (nSPS) is 22.0. The molecule has 0 spiro atoms. The summed E-state index contributed by atoms with van der Waals surface area (Å²) in [5, 5.41) is 4.88. The first kappa shape index (κ1) is 30.5. The van der Waals surface area contributed by atoms with E-state index >= 15 is 0 Å². The maximum atomic E-state index is 5.22. The molecule has 2 nitrogen and oxygen atoms in total. The zero-order valence-electron chi connectivity index (χ0n) is 27.9. The van der Waals surface area contributed by atoms with Crippen molar-refractivity contribution < 1.29 is 0 Å². The first-order valence-corrected chi connectivity index (χ1v) is 18.5. The largest absolute Gasteiger partial charge is 0.228 e. The molecule has 7 aromatic rings. The molecule has 49 heavy (non-hydrogen) atoms. The Morgan fingerprint density at radius 2 is 1.12 bits per heavy atom. The number of nitrogens with zero attached hydrogens (tertiary/aromatic N) is 2. The molecule has 2 saturated carbocycles. The van der Waals surface area contributed by atoms with Gasteiger partial charge in [-0.15, -0.1) is 0 Å². The molecule has 0 N–H and O–H groups in total. The van der Waals surface area contributed by atoms with Crippen LogP contribution in [-0.4, -0.2) is 9.97 Å². The van der Waals surface area contributed by atoms with Gasteiger partial charge in [-0.2, -0.15) is 0 Å². The van der Waals surface area contributed by atoms with Crippen molar-refractivity contribution in [2.24, 2.45) is 5.92 Å². The van der Waals surface area contributed by atoms with Gasteiger partial charge in [-0.25, -0.2) is 9.97 Å². The molecule has 2 aliphatic rings. The Balaban J connectivity index is 1.11. The number of rotatable bonds is 5. The summed E-state index contributed by atoms with van der Waals surface area (Å²) in [4.78, 5) is 10.4. The summed E-state index contributed by atoms with van der Waals surface area (Å²) in [6.45, 7) is 2.52. The average Bonchev–Trinajstić information content (AvgIpc) is 3.14. The van der Waals surface area contributed by atoms with Gasteiger partial charge in [-0.05, 0) is 105 Å². The van der Waals surface area contributed by atoms with Crippen LogP contribution in [0.3, 0.4) is 0 Å². The van der Waals surface area contributed by atoms with Crippen LogP contribution in [0.1, 0.15) is 56.6 Å². The molecular weight excluding hydrogens is 660 g/mol. The third kappa shape index (κ3) is 5.68. The maximum Gasteiger partial charge on any atom is 0.160 e. The second-order valence-corrected chi connectivity index (χ2v) is 15.8. The van der Waals surface area contributed by atoms with E-state index in [0.717, 1.165) is 44.3 Å². The van der Waals surface area contributed by atoms with Gasteiger partial charge < -0.3 is 0 Å². The molecule has 2 aliphatic carbocycles. The van der Waals surface area contributed by atoms with Crippen LogP contribution in [0.15, 0.2) is 144 Å². The van der Waals surface area contributed by atoms with E-state index in [1.807, 2.05) is 0 Å². The molecule has 2 bridgehead atoms. The van der Waals surface area contributed by atoms with E-state index in [1.54, 1.807) is 0 Å². The molecule has 0 saturated heterocycles. The molecule has 2 fully saturated rings. The smallest absolute Gasteiger partial charge is 0.160 e. The summed E-state index contributed by atoms with van der Waals surface area (Å²) in [5.74, 6) is 1.53. The fourth-order valence-electron chi connectivity index (χ4n) is 9.26. The summed E-state index contributed by atoms with van der Waals surface area (Å²) in [6.07, 6.45) is 7.72. The van der Waals surface area contributed by atoms with Gasteiger partial charge in [0.25, 0.3) is 0 Å². The number of hydrogen-bond acceptors (Lipinski definition) is 2. The Morgan fingerprint density at radius 3 is 1.73 bits per heavy atom. The highest BCUT2D eigenvalue weighted by Crippen LogP contribution is 2.57.